The molecule has 0 aromatic carbocycles. The van der Waals surface area contributed by atoms with Gasteiger partial charge in [0, 0.05) is 17.7 Å². The van der Waals surface area contributed by atoms with Gasteiger partial charge in [0.25, 0.3) is 0 Å². The van der Waals surface area contributed by atoms with Gasteiger partial charge in [0.1, 0.15) is 6.61 Å². The monoisotopic (exact) mass is 282 g/mol. The second kappa shape index (κ2) is 7.47. The van der Waals surface area contributed by atoms with Crippen molar-refractivity contribution in [2.75, 3.05) is 31.4 Å². The minimum Gasteiger partial charge on any atom is -0.376 e. The molecule has 0 bridgehead atoms. The van der Waals surface area contributed by atoms with Crippen LogP contribution in [0.4, 0.5) is 5.69 Å². The Balaban J connectivity index is 1.70. The van der Waals surface area contributed by atoms with Crippen LogP contribution in [-0.4, -0.2) is 43.1 Å². The van der Waals surface area contributed by atoms with Crippen LogP contribution in [0.25, 0.3) is 0 Å². The van der Waals surface area contributed by atoms with E-state index in [0.717, 1.165) is 24.3 Å². The Morgan fingerprint density at radius 1 is 1.63 bits per heavy atom. The summed E-state index contributed by atoms with van der Waals surface area (Å²) in [5.74, 6) is -0.168. The van der Waals surface area contributed by atoms with Crippen molar-refractivity contribution < 1.29 is 14.3 Å². The standard InChI is InChI=1S/C13H18N2O3S/c1-19-12-5-10(6-14-7-12)15-13(16)9-17-8-11-3-2-4-18-11/h5-7,11H,2-4,8-9H2,1H3,(H,15,16). The van der Waals surface area contributed by atoms with E-state index in [4.69, 9.17) is 9.47 Å². The molecule has 0 radical (unpaired) electrons. The summed E-state index contributed by atoms with van der Waals surface area (Å²) in [5, 5.41) is 2.76. The van der Waals surface area contributed by atoms with E-state index < -0.39 is 0 Å². The van der Waals surface area contributed by atoms with Gasteiger partial charge in [0.05, 0.1) is 24.6 Å². The highest BCUT2D eigenvalue weighted by atomic mass is 32.2. The van der Waals surface area contributed by atoms with Crippen molar-refractivity contribution in [1.82, 2.24) is 4.98 Å². The first kappa shape index (κ1) is 14.3. The lowest BCUT2D eigenvalue weighted by atomic mass is 10.2. The van der Waals surface area contributed by atoms with Crippen molar-refractivity contribution in [2.24, 2.45) is 0 Å². The maximum Gasteiger partial charge on any atom is 0.250 e. The van der Waals surface area contributed by atoms with Crippen molar-refractivity contribution in [3.63, 3.8) is 0 Å². The number of thioether (sulfide) groups is 1. The molecule has 1 atom stereocenters. The van der Waals surface area contributed by atoms with E-state index in [2.05, 4.69) is 10.3 Å². The van der Waals surface area contributed by atoms with Crippen LogP contribution in [0.2, 0.25) is 0 Å². The van der Waals surface area contributed by atoms with Gasteiger partial charge >= 0.3 is 0 Å². The van der Waals surface area contributed by atoms with Crippen molar-refractivity contribution in [1.29, 1.82) is 0 Å². The number of nitrogens with zero attached hydrogens (tertiary/aromatic N) is 1. The van der Waals surface area contributed by atoms with Gasteiger partial charge in [-0.25, -0.2) is 0 Å². The number of carbonyl (C=O) groups is 1. The minimum absolute atomic E-state index is 0.0450. The number of pyridine rings is 1. The van der Waals surface area contributed by atoms with Gasteiger partial charge in [0.15, 0.2) is 0 Å². The second-order valence-electron chi connectivity index (χ2n) is 4.31. The Labute approximate surface area is 117 Å². The number of amides is 1. The molecule has 1 aromatic heterocycles. The molecule has 1 aliphatic heterocycles. The summed E-state index contributed by atoms with van der Waals surface area (Å²) < 4.78 is 10.8. The molecule has 1 fully saturated rings. The smallest absolute Gasteiger partial charge is 0.250 e. The number of hydrogen-bond donors (Lipinski definition) is 1. The molecule has 2 heterocycles. The van der Waals surface area contributed by atoms with Gasteiger partial charge in [-0.15, -0.1) is 11.8 Å². The SMILES string of the molecule is CSc1cncc(NC(=O)COCC2CCCO2)c1. The van der Waals surface area contributed by atoms with Crippen LogP contribution >= 0.6 is 11.8 Å². The zero-order valence-corrected chi connectivity index (χ0v) is 11.7. The first-order valence-electron chi connectivity index (χ1n) is 6.26. The maximum absolute atomic E-state index is 11.7. The fourth-order valence-corrected chi connectivity index (χ4v) is 2.27. The molecule has 1 amide bonds. The molecule has 5 nitrogen and oxygen atoms in total. The molecule has 1 saturated heterocycles. The van der Waals surface area contributed by atoms with Crippen LogP contribution < -0.4 is 5.32 Å². The molecule has 1 aromatic rings. The second-order valence-corrected chi connectivity index (χ2v) is 5.19. The van der Waals surface area contributed by atoms with Gasteiger partial charge in [-0.3, -0.25) is 9.78 Å². The van der Waals surface area contributed by atoms with Crippen LogP contribution in [0, 0.1) is 0 Å². The fraction of sp³-hybridized carbons (Fsp3) is 0.538. The number of carbonyl (C=O) groups excluding carboxylic acids is 1. The van der Waals surface area contributed by atoms with Crippen molar-refractivity contribution in [3.8, 4) is 0 Å². The van der Waals surface area contributed by atoms with Crippen molar-refractivity contribution >= 4 is 23.4 Å². The highest BCUT2D eigenvalue weighted by Crippen LogP contribution is 2.17. The summed E-state index contributed by atoms with van der Waals surface area (Å²) in [6, 6.07) is 1.88. The maximum atomic E-state index is 11.7. The third kappa shape index (κ3) is 4.81. The molecule has 0 saturated carbocycles. The fourth-order valence-electron chi connectivity index (χ4n) is 1.85. The molecule has 104 valence electrons. The van der Waals surface area contributed by atoms with Gasteiger partial charge in [-0.05, 0) is 25.2 Å². The quantitative estimate of drug-likeness (QED) is 0.808. The lowest BCUT2D eigenvalue weighted by molar-refractivity contribution is -0.121. The molecular weight excluding hydrogens is 264 g/mol. The van der Waals surface area contributed by atoms with E-state index >= 15 is 0 Å². The van der Waals surface area contributed by atoms with Crippen molar-refractivity contribution in [3.05, 3.63) is 18.5 Å². The first-order chi connectivity index (χ1) is 9.28. The summed E-state index contributed by atoms with van der Waals surface area (Å²) in [7, 11) is 0. The van der Waals surface area contributed by atoms with Crippen molar-refractivity contribution in [2.45, 2.75) is 23.8 Å². The third-order valence-electron chi connectivity index (χ3n) is 2.79. The lowest BCUT2D eigenvalue weighted by Gasteiger charge is -2.10. The zero-order valence-electron chi connectivity index (χ0n) is 10.9. The largest absolute Gasteiger partial charge is 0.376 e. The molecular formula is C13H18N2O3S. The Kier molecular flexibility index (Phi) is 5.62. The molecule has 19 heavy (non-hydrogen) atoms. The van der Waals surface area contributed by atoms with Crippen LogP contribution in [-0.2, 0) is 14.3 Å². The number of hydrogen-bond acceptors (Lipinski definition) is 5. The summed E-state index contributed by atoms with van der Waals surface area (Å²) in [4.78, 5) is 16.7. The summed E-state index contributed by atoms with van der Waals surface area (Å²) in [6.07, 6.45) is 7.59. The van der Waals surface area contributed by atoms with Crippen LogP contribution in [0.5, 0.6) is 0 Å². The van der Waals surface area contributed by atoms with Gasteiger partial charge in [0.2, 0.25) is 5.91 Å². The molecule has 0 aliphatic carbocycles. The Morgan fingerprint density at radius 2 is 2.53 bits per heavy atom. The number of rotatable bonds is 6. The molecule has 1 N–H and O–H groups in total. The Morgan fingerprint density at radius 3 is 3.26 bits per heavy atom. The van der Waals surface area contributed by atoms with Gasteiger partial charge in [-0.1, -0.05) is 0 Å². The van der Waals surface area contributed by atoms with Crippen LogP contribution in [0.15, 0.2) is 23.4 Å². The normalized spacial score (nSPS) is 18.5. The number of ether oxygens (including phenoxy) is 2. The summed E-state index contributed by atoms with van der Waals surface area (Å²) in [6.45, 7) is 1.33. The topological polar surface area (TPSA) is 60.5 Å². The summed E-state index contributed by atoms with van der Waals surface area (Å²) in [5.41, 5.74) is 0.692. The highest BCUT2D eigenvalue weighted by molar-refractivity contribution is 7.98. The minimum atomic E-state index is -0.168. The summed E-state index contributed by atoms with van der Waals surface area (Å²) >= 11 is 1.58. The van der Waals surface area contributed by atoms with Gasteiger partial charge < -0.3 is 14.8 Å². The third-order valence-corrected chi connectivity index (χ3v) is 3.49. The average Bonchev–Trinajstić information content (AvgIpc) is 2.92. The van der Waals surface area contributed by atoms with E-state index in [1.165, 1.54) is 0 Å². The van der Waals surface area contributed by atoms with E-state index in [1.807, 2.05) is 12.3 Å². The predicted molar refractivity (Wildman–Crippen MR) is 74.4 cm³/mol. The first-order valence-corrected chi connectivity index (χ1v) is 7.48. The molecule has 0 spiro atoms. The number of aromatic nitrogens is 1. The number of anilines is 1. The van der Waals surface area contributed by atoms with E-state index in [9.17, 15) is 4.79 Å². The molecule has 2 rings (SSSR count). The van der Waals surface area contributed by atoms with E-state index in [1.54, 1.807) is 24.2 Å². The molecule has 6 heteroatoms. The highest BCUT2D eigenvalue weighted by Gasteiger charge is 2.15. The van der Waals surface area contributed by atoms with Crippen LogP contribution in [0.1, 0.15) is 12.8 Å². The average molecular weight is 282 g/mol. The Bertz CT molecular complexity index is 422. The predicted octanol–water partition coefficient (Wildman–Crippen LogP) is 1.94. The van der Waals surface area contributed by atoms with Crippen LogP contribution in [0.3, 0.4) is 0 Å². The Hall–Kier alpha value is -1.11. The lowest BCUT2D eigenvalue weighted by Crippen LogP contribution is -2.22. The molecule has 1 aliphatic rings. The van der Waals surface area contributed by atoms with E-state index in [-0.39, 0.29) is 18.6 Å². The number of nitrogens with one attached hydrogen (secondary N) is 1. The van der Waals surface area contributed by atoms with E-state index in [0.29, 0.717) is 12.3 Å². The molecule has 1 unspecified atom stereocenters. The van der Waals surface area contributed by atoms with Gasteiger partial charge in [-0.2, -0.15) is 0 Å². The zero-order chi connectivity index (χ0) is 13.5.